The molecular weight excluding hydrogens is 286 g/mol. The van der Waals surface area contributed by atoms with Gasteiger partial charge in [-0.05, 0) is 48.6 Å². The third kappa shape index (κ3) is 3.29. The number of anilines is 1. The van der Waals surface area contributed by atoms with E-state index in [0.717, 1.165) is 29.8 Å². The highest BCUT2D eigenvalue weighted by molar-refractivity contribution is 5.96. The zero-order chi connectivity index (χ0) is 16.4. The van der Waals surface area contributed by atoms with Crippen molar-refractivity contribution in [3.8, 4) is 5.75 Å². The molecule has 0 spiro atoms. The predicted molar refractivity (Wildman–Crippen MR) is 94.7 cm³/mol. The van der Waals surface area contributed by atoms with E-state index >= 15 is 0 Å². The van der Waals surface area contributed by atoms with Crippen molar-refractivity contribution < 1.29 is 9.53 Å². The van der Waals surface area contributed by atoms with E-state index in [4.69, 9.17) is 4.74 Å². The molecule has 3 nitrogen and oxygen atoms in total. The minimum atomic E-state index is -0.0769. The van der Waals surface area contributed by atoms with Crippen LogP contribution in [0.25, 0.3) is 11.6 Å². The van der Waals surface area contributed by atoms with Crippen LogP contribution >= 0.6 is 0 Å². The average Bonchev–Trinajstić information content (AvgIpc) is 2.53. The van der Waals surface area contributed by atoms with E-state index in [2.05, 4.69) is 36.5 Å². The van der Waals surface area contributed by atoms with Crippen molar-refractivity contribution in [2.45, 2.75) is 26.7 Å². The topological polar surface area (TPSA) is 38.3 Å². The van der Waals surface area contributed by atoms with Crippen LogP contribution in [0, 0.1) is 6.92 Å². The number of benzene rings is 2. The third-order valence-electron chi connectivity index (χ3n) is 4.18. The summed E-state index contributed by atoms with van der Waals surface area (Å²) in [5.41, 5.74) is 7.06. The molecule has 0 bridgehead atoms. The second-order valence-electron chi connectivity index (χ2n) is 5.96. The van der Waals surface area contributed by atoms with Crippen molar-refractivity contribution in [1.82, 2.24) is 0 Å². The van der Waals surface area contributed by atoms with Gasteiger partial charge in [-0.2, -0.15) is 0 Å². The maximum atomic E-state index is 11.5. The molecule has 2 aromatic rings. The number of ether oxygens (including phenoxy) is 1. The molecule has 0 aliphatic heterocycles. The van der Waals surface area contributed by atoms with Gasteiger partial charge >= 0.3 is 0 Å². The number of nitrogens with one attached hydrogen (secondary N) is 1. The van der Waals surface area contributed by atoms with Crippen LogP contribution in [0.1, 0.15) is 35.6 Å². The maximum absolute atomic E-state index is 11.5. The number of amides is 1. The van der Waals surface area contributed by atoms with Crippen molar-refractivity contribution in [1.29, 1.82) is 0 Å². The van der Waals surface area contributed by atoms with Crippen LogP contribution in [0.15, 0.2) is 36.4 Å². The van der Waals surface area contributed by atoms with Crippen molar-refractivity contribution in [3.63, 3.8) is 0 Å². The summed E-state index contributed by atoms with van der Waals surface area (Å²) in [5, 5.41) is 2.92. The van der Waals surface area contributed by atoms with E-state index in [9.17, 15) is 4.79 Å². The van der Waals surface area contributed by atoms with Gasteiger partial charge in [0.25, 0.3) is 0 Å². The summed E-state index contributed by atoms with van der Waals surface area (Å²) in [4.78, 5) is 11.5. The highest BCUT2D eigenvalue weighted by Gasteiger charge is 2.15. The first kappa shape index (κ1) is 15.3. The fourth-order valence-electron chi connectivity index (χ4n) is 3.06. The highest BCUT2D eigenvalue weighted by Crippen LogP contribution is 2.36. The smallest absolute Gasteiger partial charge is 0.221 e. The van der Waals surface area contributed by atoms with Crippen LogP contribution in [-0.2, 0) is 11.2 Å². The number of methoxy groups -OCH3 is 1. The lowest BCUT2D eigenvalue weighted by Gasteiger charge is -2.20. The minimum Gasteiger partial charge on any atom is -0.497 e. The summed E-state index contributed by atoms with van der Waals surface area (Å²) in [6, 6.07) is 12.4. The van der Waals surface area contributed by atoms with Gasteiger partial charge in [0.2, 0.25) is 5.91 Å². The number of hydrogen-bond donors (Lipinski definition) is 1. The number of carbonyl (C=O) groups excluding carboxylic acids is 1. The molecule has 1 aliphatic carbocycles. The number of allylic oxidation sites excluding steroid dienone is 1. The Bertz CT molecular complexity index is 790. The van der Waals surface area contributed by atoms with Crippen LogP contribution in [-0.4, -0.2) is 13.0 Å². The minimum absolute atomic E-state index is 0.0769. The maximum Gasteiger partial charge on any atom is 0.221 e. The molecule has 1 aliphatic rings. The van der Waals surface area contributed by atoms with E-state index in [1.807, 2.05) is 18.2 Å². The molecule has 0 fully saturated rings. The van der Waals surface area contributed by atoms with Crippen molar-refractivity contribution in [2.24, 2.45) is 0 Å². The molecule has 3 heteroatoms. The quantitative estimate of drug-likeness (QED) is 0.910. The summed E-state index contributed by atoms with van der Waals surface area (Å²) >= 11 is 0. The zero-order valence-electron chi connectivity index (χ0n) is 13.8. The molecule has 0 heterocycles. The van der Waals surface area contributed by atoms with E-state index in [-0.39, 0.29) is 5.91 Å². The lowest BCUT2D eigenvalue weighted by atomic mass is 9.87. The van der Waals surface area contributed by atoms with Crippen LogP contribution in [0.4, 0.5) is 5.69 Å². The molecule has 0 atom stereocenters. The molecular formula is C20H21NO2. The summed E-state index contributed by atoms with van der Waals surface area (Å²) in [7, 11) is 1.63. The van der Waals surface area contributed by atoms with Gasteiger partial charge in [-0.25, -0.2) is 0 Å². The Morgan fingerprint density at radius 3 is 2.70 bits per heavy atom. The number of aryl methyl sites for hydroxylation is 2. The number of fused-ring (bicyclic) bond motifs is 1. The molecule has 3 rings (SSSR count). The lowest BCUT2D eigenvalue weighted by molar-refractivity contribution is -0.114. The van der Waals surface area contributed by atoms with Crippen LogP contribution in [0.2, 0.25) is 0 Å². The summed E-state index contributed by atoms with van der Waals surface area (Å²) < 4.78 is 5.28. The Morgan fingerprint density at radius 2 is 1.96 bits per heavy atom. The number of rotatable bonds is 3. The van der Waals surface area contributed by atoms with Gasteiger partial charge < -0.3 is 10.1 Å². The van der Waals surface area contributed by atoms with Gasteiger partial charge in [-0.3, -0.25) is 4.79 Å². The first-order valence-electron chi connectivity index (χ1n) is 7.83. The normalized spacial score (nSPS) is 13.1. The third-order valence-corrected chi connectivity index (χ3v) is 4.18. The van der Waals surface area contributed by atoms with Crippen LogP contribution in [0.5, 0.6) is 5.75 Å². The van der Waals surface area contributed by atoms with E-state index in [1.165, 1.54) is 29.2 Å². The summed E-state index contributed by atoms with van der Waals surface area (Å²) in [6.07, 6.45) is 4.22. The summed E-state index contributed by atoms with van der Waals surface area (Å²) in [6.45, 7) is 3.65. The number of carbonyl (C=O) groups is 1. The predicted octanol–water partition coefficient (Wildman–Crippen LogP) is 4.45. The second kappa shape index (κ2) is 6.29. The average molecular weight is 307 g/mol. The van der Waals surface area contributed by atoms with Gasteiger partial charge in [-0.15, -0.1) is 0 Å². The Labute approximate surface area is 137 Å². The molecule has 2 aromatic carbocycles. The standard InChI is InChI=1S/C20H21NO2/c1-13-4-5-16-11-17(7-6-15(16)10-13)19-9-8-18(23-3)12-20(19)21-14(2)22/h4-5,8-12H,6-7H2,1-3H3,(H,21,22). The van der Waals surface area contributed by atoms with Gasteiger partial charge in [0.15, 0.2) is 0 Å². The monoisotopic (exact) mass is 307 g/mol. The van der Waals surface area contributed by atoms with Crippen molar-refractivity contribution >= 4 is 23.2 Å². The van der Waals surface area contributed by atoms with Crippen molar-refractivity contribution in [2.75, 3.05) is 12.4 Å². The molecule has 1 N–H and O–H groups in total. The molecule has 0 aromatic heterocycles. The molecule has 118 valence electrons. The zero-order valence-corrected chi connectivity index (χ0v) is 13.8. The van der Waals surface area contributed by atoms with E-state index in [1.54, 1.807) is 7.11 Å². The first-order chi connectivity index (χ1) is 11.1. The van der Waals surface area contributed by atoms with Gasteiger partial charge in [0.1, 0.15) is 5.75 Å². The Kier molecular flexibility index (Phi) is 4.20. The SMILES string of the molecule is COc1ccc(C2=Cc3ccc(C)cc3CC2)c(NC(C)=O)c1. The van der Waals surface area contributed by atoms with E-state index in [0.29, 0.717) is 0 Å². The molecule has 0 radical (unpaired) electrons. The summed E-state index contributed by atoms with van der Waals surface area (Å²) in [5.74, 6) is 0.664. The van der Waals surface area contributed by atoms with Gasteiger partial charge in [-0.1, -0.05) is 29.8 Å². The van der Waals surface area contributed by atoms with Gasteiger partial charge in [0, 0.05) is 18.6 Å². The Morgan fingerprint density at radius 1 is 1.13 bits per heavy atom. The first-order valence-corrected chi connectivity index (χ1v) is 7.83. The molecule has 0 saturated heterocycles. The van der Waals surface area contributed by atoms with Crippen LogP contribution < -0.4 is 10.1 Å². The Hall–Kier alpha value is -2.55. The molecule has 1 amide bonds. The van der Waals surface area contributed by atoms with Crippen LogP contribution in [0.3, 0.4) is 0 Å². The fourth-order valence-corrected chi connectivity index (χ4v) is 3.06. The Balaban J connectivity index is 2.04. The van der Waals surface area contributed by atoms with Crippen molar-refractivity contribution in [3.05, 3.63) is 58.7 Å². The second-order valence-corrected chi connectivity index (χ2v) is 5.96. The lowest BCUT2D eigenvalue weighted by Crippen LogP contribution is -2.09. The fraction of sp³-hybridized carbons (Fsp3) is 0.250. The number of hydrogen-bond acceptors (Lipinski definition) is 2. The molecule has 23 heavy (non-hydrogen) atoms. The molecule has 0 unspecified atom stereocenters. The highest BCUT2D eigenvalue weighted by atomic mass is 16.5. The van der Waals surface area contributed by atoms with Gasteiger partial charge in [0.05, 0.1) is 12.8 Å². The molecule has 0 saturated carbocycles. The largest absolute Gasteiger partial charge is 0.497 e. The van der Waals surface area contributed by atoms with E-state index < -0.39 is 0 Å².